The lowest BCUT2D eigenvalue weighted by Gasteiger charge is -2.08. The Bertz CT molecular complexity index is 779. The minimum Gasteiger partial charge on any atom is -0.507 e. The predicted octanol–water partition coefficient (Wildman–Crippen LogP) is 2.47. The molecule has 126 valence electrons. The maximum Gasteiger partial charge on any atom is 0.342 e. The second kappa shape index (κ2) is 7.40. The first-order chi connectivity index (χ1) is 11.4. The Morgan fingerprint density at radius 3 is 2.50 bits per heavy atom. The van der Waals surface area contributed by atoms with Gasteiger partial charge in [0.25, 0.3) is 5.91 Å². The highest BCUT2D eigenvalue weighted by Crippen LogP contribution is 2.24. The Hall–Kier alpha value is -3.16. The third-order valence-electron chi connectivity index (χ3n) is 2.96. The van der Waals surface area contributed by atoms with Crippen molar-refractivity contribution in [3.8, 4) is 11.5 Å². The number of carbonyl (C=O) groups is 2. The van der Waals surface area contributed by atoms with Crippen LogP contribution >= 0.6 is 0 Å². The number of hydrogen-bond acceptors (Lipinski definition) is 5. The zero-order valence-electron chi connectivity index (χ0n) is 12.5. The molecule has 2 aromatic carbocycles. The summed E-state index contributed by atoms with van der Waals surface area (Å²) in [5.74, 6) is -3.85. The quantitative estimate of drug-likeness (QED) is 0.819. The van der Waals surface area contributed by atoms with Gasteiger partial charge in [0.15, 0.2) is 18.2 Å². The van der Waals surface area contributed by atoms with Crippen LogP contribution in [0.4, 0.5) is 14.5 Å². The van der Waals surface area contributed by atoms with Crippen LogP contribution in [0.25, 0.3) is 0 Å². The van der Waals surface area contributed by atoms with Crippen molar-refractivity contribution >= 4 is 17.6 Å². The molecule has 0 atom stereocenters. The van der Waals surface area contributed by atoms with Gasteiger partial charge in [-0.05, 0) is 24.3 Å². The molecular formula is C16H13F2NO5. The highest BCUT2D eigenvalue weighted by molar-refractivity contribution is 5.96. The fourth-order valence-electron chi connectivity index (χ4n) is 1.79. The van der Waals surface area contributed by atoms with E-state index in [4.69, 9.17) is 9.47 Å². The first kappa shape index (κ1) is 17.2. The molecule has 0 saturated carbocycles. The van der Waals surface area contributed by atoms with E-state index in [1.807, 2.05) is 0 Å². The lowest BCUT2D eigenvalue weighted by Crippen LogP contribution is -2.21. The van der Waals surface area contributed by atoms with E-state index in [1.165, 1.54) is 25.3 Å². The molecular weight excluding hydrogens is 324 g/mol. The van der Waals surface area contributed by atoms with Crippen LogP contribution in [0, 0.1) is 11.6 Å². The van der Waals surface area contributed by atoms with Crippen LogP contribution in [-0.2, 0) is 9.53 Å². The minimum atomic E-state index is -1.12. The van der Waals surface area contributed by atoms with Crippen LogP contribution in [0.2, 0.25) is 0 Å². The molecule has 0 aliphatic rings. The molecule has 1 amide bonds. The van der Waals surface area contributed by atoms with E-state index in [0.29, 0.717) is 5.75 Å². The number of halogens is 2. The van der Waals surface area contributed by atoms with Gasteiger partial charge >= 0.3 is 5.97 Å². The van der Waals surface area contributed by atoms with E-state index >= 15 is 0 Å². The summed E-state index contributed by atoms with van der Waals surface area (Å²) >= 11 is 0. The molecule has 2 N–H and O–H groups in total. The number of esters is 1. The third-order valence-corrected chi connectivity index (χ3v) is 2.96. The number of hydrogen-bond donors (Lipinski definition) is 2. The fourth-order valence-corrected chi connectivity index (χ4v) is 1.79. The van der Waals surface area contributed by atoms with Gasteiger partial charge < -0.3 is 19.9 Å². The van der Waals surface area contributed by atoms with Crippen LogP contribution in [0.1, 0.15) is 10.4 Å². The number of aromatic hydroxyl groups is 1. The van der Waals surface area contributed by atoms with E-state index in [-0.39, 0.29) is 17.0 Å². The number of benzene rings is 2. The highest BCUT2D eigenvalue weighted by Gasteiger charge is 2.15. The van der Waals surface area contributed by atoms with Crippen molar-refractivity contribution in [1.29, 1.82) is 0 Å². The number of rotatable bonds is 5. The van der Waals surface area contributed by atoms with Gasteiger partial charge in [0.2, 0.25) is 0 Å². The molecule has 2 rings (SSSR count). The molecule has 0 aliphatic heterocycles. The molecule has 2 aromatic rings. The summed E-state index contributed by atoms with van der Waals surface area (Å²) in [6.07, 6.45) is 0. The second-order valence-corrected chi connectivity index (χ2v) is 4.64. The van der Waals surface area contributed by atoms with Crippen molar-refractivity contribution in [3.05, 3.63) is 53.6 Å². The molecule has 0 fully saturated rings. The third kappa shape index (κ3) is 4.19. The van der Waals surface area contributed by atoms with Crippen molar-refractivity contribution in [1.82, 2.24) is 0 Å². The van der Waals surface area contributed by atoms with Crippen LogP contribution in [0.3, 0.4) is 0 Å². The normalized spacial score (nSPS) is 10.1. The molecule has 0 bridgehead atoms. The number of anilines is 1. The molecule has 0 aromatic heterocycles. The van der Waals surface area contributed by atoms with Crippen molar-refractivity contribution in [2.75, 3.05) is 19.0 Å². The van der Waals surface area contributed by atoms with Crippen LogP contribution < -0.4 is 10.1 Å². The van der Waals surface area contributed by atoms with Crippen molar-refractivity contribution < 1.29 is 33.0 Å². The van der Waals surface area contributed by atoms with Gasteiger partial charge in [0.05, 0.1) is 7.11 Å². The molecule has 24 heavy (non-hydrogen) atoms. The predicted molar refractivity (Wildman–Crippen MR) is 79.9 cm³/mol. The van der Waals surface area contributed by atoms with Gasteiger partial charge in [-0.15, -0.1) is 0 Å². The first-order valence-corrected chi connectivity index (χ1v) is 6.69. The van der Waals surface area contributed by atoms with Gasteiger partial charge in [-0.3, -0.25) is 4.79 Å². The van der Waals surface area contributed by atoms with Crippen molar-refractivity contribution in [3.63, 3.8) is 0 Å². The Morgan fingerprint density at radius 2 is 1.88 bits per heavy atom. The van der Waals surface area contributed by atoms with E-state index in [2.05, 4.69) is 5.32 Å². The van der Waals surface area contributed by atoms with Gasteiger partial charge in [0.1, 0.15) is 17.1 Å². The van der Waals surface area contributed by atoms with Crippen LogP contribution in [-0.4, -0.2) is 30.7 Å². The standard InChI is InChI=1S/C16H13F2NO5/c1-23-10-3-4-11(14(20)7-10)16(22)24-8-15(21)19-9-2-5-12(17)13(18)6-9/h2-7,20H,8H2,1H3,(H,19,21). The maximum atomic E-state index is 13.0. The zero-order chi connectivity index (χ0) is 17.7. The Morgan fingerprint density at radius 1 is 1.12 bits per heavy atom. The Labute approximate surface area is 135 Å². The summed E-state index contributed by atoms with van der Waals surface area (Å²) in [5, 5.41) is 11.9. The largest absolute Gasteiger partial charge is 0.507 e. The number of amides is 1. The number of phenols is 1. The number of methoxy groups -OCH3 is 1. The van der Waals surface area contributed by atoms with E-state index in [0.717, 1.165) is 18.2 Å². The molecule has 0 heterocycles. The molecule has 0 unspecified atom stereocenters. The fraction of sp³-hybridized carbons (Fsp3) is 0.125. The maximum absolute atomic E-state index is 13.0. The smallest absolute Gasteiger partial charge is 0.342 e. The molecule has 0 aliphatic carbocycles. The zero-order valence-corrected chi connectivity index (χ0v) is 12.5. The summed E-state index contributed by atoms with van der Waals surface area (Å²) in [7, 11) is 1.40. The number of phenolic OH excluding ortho intramolecular Hbond substituents is 1. The summed E-state index contributed by atoms with van der Waals surface area (Å²) in [4.78, 5) is 23.5. The number of nitrogens with one attached hydrogen (secondary N) is 1. The number of carbonyl (C=O) groups excluding carboxylic acids is 2. The lowest BCUT2D eigenvalue weighted by molar-refractivity contribution is -0.119. The van der Waals surface area contributed by atoms with Crippen molar-refractivity contribution in [2.45, 2.75) is 0 Å². The second-order valence-electron chi connectivity index (χ2n) is 4.64. The van der Waals surface area contributed by atoms with Gasteiger partial charge in [0, 0.05) is 17.8 Å². The number of ether oxygens (including phenoxy) is 2. The Kier molecular flexibility index (Phi) is 5.31. The van der Waals surface area contributed by atoms with Crippen molar-refractivity contribution in [2.24, 2.45) is 0 Å². The average Bonchev–Trinajstić information content (AvgIpc) is 2.56. The van der Waals surface area contributed by atoms with Crippen LogP contribution in [0.15, 0.2) is 36.4 Å². The topological polar surface area (TPSA) is 84.9 Å². The molecule has 0 spiro atoms. The molecule has 6 nitrogen and oxygen atoms in total. The molecule has 8 heteroatoms. The van der Waals surface area contributed by atoms with E-state index in [9.17, 15) is 23.5 Å². The highest BCUT2D eigenvalue weighted by atomic mass is 19.2. The summed E-state index contributed by atoms with van der Waals surface area (Å²) in [6, 6.07) is 6.75. The Balaban J connectivity index is 1.93. The molecule has 0 saturated heterocycles. The average molecular weight is 337 g/mol. The summed E-state index contributed by atoms with van der Waals surface area (Å²) < 4.78 is 35.4. The van der Waals surface area contributed by atoms with E-state index < -0.39 is 30.1 Å². The lowest BCUT2D eigenvalue weighted by atomic mass is 10.2. The minimum absolute atomic E-state index is 0.0160. The van der Waals surface area contributed by atoms with E-state index in [1.54, 1.807) is 0 Å². The first-order valence-electron chi connectivity index (χ1n) is 6.69. The molecule has 0 radical (unpaired) electrons. The monoisotopic (exact) mass is 337 g/mol. The SMILES string of the molecule is COc1ccc(C(=O)OCC(=O)Nc2ccc(F)c(F)c2)c(O)c1. The summed E-state index contributed by atoms with van der Waals surface area (Å²) in [5.41, 5.74) is -0.126. The van der Waals surface area contributed by atoms with Crippen LogP contribution in [0.5, 0.6) is 11.5 Å². The van der Waals surface area contributed by atoms with Gasteiger partial charge in [-0.2, -0.15) is 0 Å². The van der Waals surface area contributed by atoms with Gasteiger partial charge in [-0.1, -0.05) is 0 Å². The summed E-state index contributed by atoms with van der Waals surface area (Å²) in [6.45, 7) is -0.663. The van der Waals surface area contributed by atoms with Gasteiger partial charge in [-0.25, -0.2) is 13.6 Å².